The highest BCUT2D eigenvalue weighted by Gasteiger charge is 2.23. The minimum absolute atomic E-state index is 0.214. The molecule has 0 radical (unpaired) electrons. The fraction of sp³-hybridized carbons (Fsp3) is 0.458. The molecule has 1 N–H and O–H groups in total. The van der Waals surface area contributed by atoms with Crippen molar-refractivity contribution < 1.29 is 19.0 Å². The third kappa shape index (κ3) is 5.88. The minimum Gasteiger partial charge on any atom is -0.490 e. The topological polar surface area (TPSA) is 93.5 Å². The number of benzene rings is 1. The summed E-state index contributed by atoms with van der Waals surface area (Å²) in [6.45, 7) is 10.2. The molecule has 7 nitrogen and oxygen atoms in total. The number of hydrogen-bond acceptors (Lipinski definition) is 6. The van der Waals surface area contributed by atoms with Crippen molar-refractivity contribution in [1.82, 2.24) is 10.3 Å². The van der Waals surface area contributed by atoms with E-state index in [1.54, 1.807) is 24.5 Å². The van der Waals surface area contributed by atoms with Crippen molar-refractivity contribution in [2.75, 3.05) is 6.61 Å². The van der Waals surface area contributed by atoms with Gasteiger partial charge in [-0.1, -0.05) is 13.8 Å². The van der Waals surface area contributed by atoms with E-state index in [1.165, 1.54) is 0 Å². The van der Waals surface area contributed by atoms with E-state index in [1.807, 2.05) is 26.8 Å². The molecule has 31 heavy (non-hydrogen) atoms. The molecule has 0 spiro atoms. The van der Waals surface area contributed by atoms with Gasteiger partial charge in [-0.15, -0.1) is 0 Å². The van der Waals surface area contributed by atoms with Gasteiger partial charge in [0.05, 0.1) is 11.6 Å². The first-order valence-electron chi connectivity index (χ1n) is 10.4. The van der Waals surface area contributed by atoms with Crippen molar-refractivity contribution in [2.24, 2.45) is 5.92 Å². The number of nitriles is 1. The molecule has 1 aliphatic heterocycles. The van der Waals surface area contributed by atoms with Crippen molar-refractivity contribution in [2.45, 2.75) is 59.3 Å². The van der Waals surface area contributed by atoms with Crippen molar-refractivity contribution in [1.29, 1.82) is 5.26 Å². The molecular weight excluding hydrogens is 394 g/mol. The molecule has 164 valence electrons. The van der Waals surface area contributed by atoms with Gasteiger partial charge in [-0.25, -0.2) is 4.79 Å². The Hall–Kier alpha value is -3.27. The molecule has 2 heterocycles. The van der Waals surface area contributed by atoms with Gasteiger partial charge in [0.25, 0.3) is 0 Å². The lowest BCUT2D eigenvalue weighted by Gasteiger charge is -2.25. The summed E-state index contributed by atoms with van der Waals surface area (Å²) in [5, 5.41) is 12.6. The van der Waals surface area contributed by atoms with Crippen LogP contribution in [0.25, 0.3) is 11.1 Å². The van der Waals surface area contributed by atoms with Gasteiger partial charge in [0.15, 0.2) is 0 Å². The second kappa shape index (κ2) is 9.25. The van der Waals surface area contributed by atoms with E-state index in [9.17, 15) is 10.1 Å². The molecule has 1 aromatic carbocycles. The van der Waals surface area contributed by atoms with Crippen LogP contribution in [0.3, 0.4) is 0 Å². The van der Waals surface area contributed by atoms with Crippen LogP contribution < -0.4 is 14.8 Å². The predicted octanol–water partition coefficient (Wildman–Crippen LogP) is 4.83. The Morgan fingerprint density at radius 1 is 1.32 bits per heavy atom. The largest absolute Gasteiger partial charge is 0.490 e. The lowest BCUT2D eigenvalue weighted by molar-refractivity contribution is 0.0480. The molecule has 0 saturated heterocycles. The van der Waals surface area contributed by atoms with Gasteiger partial charge >= 0.3 is 6.09 Å². The van der Waals surface area contributed by atoms with Crippen LogP contribution in [-0.2, 0) is 11.3 Å². The van der Waals surface area contributed by atoms with Crippen LogP contribution in [0.5, 0.6) is 11.5 Å². The predicted molar refractivity (Wildman–Crippen MR) is 117 cm³/mol. The van der Waals surface area contributed by atoms with Gasteiger partial charge in [-0.05, 0) is 50.8 Å². The molecule has 1 amide bonds. The maximum absolute atomic E-state index is 12.2. The Kier molecular flexibility index (Phi) is 6.69. The molecule has 0 saturated carbocycles. The molecule has 7 heteroatoms. The van der Waals surface area contributed by atoms with E-state index in [2.05, 4.69) is 30.2 Å². The van der Waals surface area contributed by atoms with Crippen LogP contribution in [0.15, 0.2) is 30.6 Å². The lowest BCUT2D eigenvalue weighted by Crippen LogP contribution is -2.42. The van der Waals surface area contributed by atoms with Crippen LogP contribution in [0, 0.1) is 17.2 Å². The molecular formula is C24H29N3O4. The zero-order valence-electron chi connectivity index (χ0n) is 18.7. The number of nitrogens with zero attached hydrogens (tertiary/aromatic N) is 2. The first-order chi connectivity index (χ1) is 14.7. The summed E-state index contributed by atoms with van der Waals surface area (Å²) in [4.78, 5) is 16.4. The fourth-order valence-corrected chi connectivity index (χ4v) is 3.46. The Morgan fingerprint density at radius 3 is 2.77 bits per heavy atom. The van der Waals surface area contributed by atoms with E-state index in [0.29, 0.717) is 36.0 Å². The smallest absolute Gasteiger partial charge is 0.407 e. The molecule has 3 rings (SSSR count). The summed E-state index contributed by atoms with van der Waals surface area (Å²) in [6.07, 6.45) is 3.72. The van der Waals surface area contributed by atoms with Gasteiger partial charge in [0, 0.05) is 29.6 Å². The van der Waals surface area contributed by atoms with Crippen LogP contribution in [0.2, 0.25) is 0 Å². The number of ether oxygens (including phenoxy) is 3. The SMILES string of the molecule is CC(C)CC(COc1cc2c(cc1C#N)-c1ccncc1CO2)NC(=O)OC(C)(C)C. The second-order valence-electron chi connectivity index (χ2n) is 9.06. The third-order valence-corrected chi connectivity index (χ3v) is 4.70. The standard InChI is InChI=1S/C24H29N3O4/c1-15(2)8-18(27-23(28)31-24(3,4)5)14-30-21-10-22-20(9-16(21)11-25)19-6-7-26-12-17(19)13-29-22/h6-7,9-10,12,15,18H,8,13-14H2,1-5H3,(H,27,28). The first-order valence-corrected chi connectivity index (χ1v) is 10.4. The summed E-state index contributed by atoms with van der Waals surface area (Å²) >= 11 is 0. The van der Waals surface area contributed by atoms with Crippen LogP contribution >= 0.6 is 0 Å². The lowest BCUT2D eigenvalue weighted by atomic mass is 9.97. The highest BCUT2D eigenvalue weighted by molar-refractivity contribution is 5.77. The Labute approximate surface area is 183 Å². The van der Waals surface area contributed by atoms with Crippen LogP contribution in [0.4, 0.5) is 4.79 Å². The monoisotopic (exact) mass is 423 g/mol. The van der Waals surface area contributed by atoms with Crippen molar-refractivity contribution in [3.63, 3.8) is 0 Å². The number of carbonyl (C=O) groups is 1. The number of alkyl carbamates (subject to hydrolysis) is 1. The van der Waals surface area contributed by atoms with E-state index < -0.39 is 11.7 Å². The molecule has 2 aromatic rings. The molecule has 1 atom stereocenters. The fourth-order valence-electron chi connectivity index (χ4n) is 3.46. The number of nitrogens with one attached hydrogen (secondary N) is 1. The molecule has 1 unspecified atom stereocenters. The first kappa shape index (κ1) is 22.4. The number of pyridine rings is 1. The average molecular weight is 424 g/mol. The van der Waals surface area contributed by atoms with Crippen molar-refractivity contribution in [3.8, 4) is 28.7 Å². The number of carbonyl (C=O) groups excluding carboxylic acids is 1. The van der Waals surface area contributed by atoms with E-state index in [0.717, 1.165) is 16.7 Å². The average Bonchev–Trinajstić information content (AvgIpc) is 2.69. The van der Waals surface area contributed by atoms with Gasteiger partial charge in [-0.3, -0.25) is 4.98 Å². The highest BCUT2D eigenvalue weighted by Crippen LogP contribution is 2.41. The van der Waals surface area contributed by atoms with Gasteiger partial charge in [-0.2, -0.15) is 5.26 Å². The second-order valence-corrected chi connectivity index (χ2v) is 9.06. The molecule has 1 aromatic heterocycles. The molecule has 0 aliphatic carbocycles. The van der Waals surface area contributed by atoms with Gasteiger partial charge in [0.2, 0.25) is 0 Å². The number of rotatable bonds is 6. The van der Waals surface area contributed by atoms with Crippen LogP contribution in [0.1, 0.15) is 52.2 Å². The van der Waals surface area contributed by atoms with E-state index >= 15 is 0 Å². The molecule has 1 aliphatic rings. The Bertz CT molecular complexity index is 989. The Balaban J connectivity index is 1.78. The number of hydrogen-bond donors (Lipinski definition) is 1. The normalized spacial score (nSPS) is 13.3. The van der Waals surface area contributed by atoms with Gasteiger partial charge in [0.1, 0.15) is 36.4 Å². The number of amides is 1. The molecule has 0 bridgehead atoms. The maximum Gasteiger partial charge on any atom is 0.407 e. The summed E-state index contributed by atoms with van der Waals surface area (Å²) < 4.78 is 17.2. The third-order valence-electron chi connectivity index (χ3n) is 4.70. The zero-order valence-corrected chi connectivity index (χ0v) is 18.7. The number of fused-ring (bicyclic) bond motifs is 3. The van der Waals surface area contributed by atoms with E-state index in [4.69, 9.17) is 14.2 Å². The van der Waals surface area contributed by atoms with Crippen LogP contribution in [-0.4, -0.2) is 29.3 Å². The van der Waals surface area contributed by atoms with Gasteiger partial charge < -0.3 is 19.5 Å². The quantitative estimate of drug-likeness (QED) is 0.715. The number of aromatic nitrogens is 1. The summed E-state index contributed by atoms with van der Waals surface area (Å²) in [5.41, 5.74) is 2.66. The summed E-state index contributed by atoms with van der Waals surface area (Å²) in [7, 11) is 0. The maximum atomic E-state index is 12.2. The van der Waals surface area contributed by atoms with Crippen molar-refractivity contribution in [3.05, 3.63) is 41.7 Å². The van der Waals surface area contributed by atoms with E-state index in [-0.39, 0.29) is 12.6 Å². The molecule has 0 fully saturated rings. The summed E-state index contributed by atoms with van der Waals surface area (Å²) in [6, 6.07) is 7.39. The van der Waals surface area contributed by atoms with Crippen molar-refractivity contribution >= 4 is 6.09 Å². The zero-order chi connectivity index (χ0) is 22.6. The summed E-state index contributed by atoms with van der Waals surface area (Å²) in [5.74, 6) is 1.43. The highest BCUT2D eigenvalue weighted by atomic mass is 16.6. The Morgan fingerprint density at radius 2 is 2.10 bits per heavy atom. The minimum atomic E-state index is -0.580.